The first-order valence-corrected chi connectivity index (χ1v) is 6.71. The van der Waals surface area contributed by atoms with Gasteiger partial charge in [0.25, 0.3) is 5.91 Å². The number of hydrogen-bond acceptors (Lipinski definition) is 3. The Morgan fingerprint density at radius 1 is 1.24 bits per heavy atom. The van der Waals surface area contributed by atoms with Gasteiger partial charge in [-0.3, -0.25) is 4.79 Å². The number of aromatic nitrogens is 1. The summed E-state index contributed by atoms with van der Waals surface area (Å²) in [6.07, 6.45) is 0. The summed E-state index contributed by atoms with van der Waals surface area (Å²) in [5.74, 6) is 0.0530. The van der Waals surface area contributed by atoms with Crippen LogP contribution in [0.1, 0.15) is 29.0 Å². The minimum Gasteiger partial charge on any atom is -0.373 e. The van der Waals surface area contributed by atoms with E-state index in [0.29, 0.717) is 17.1 Å². The molecule has 21 heavy (non-hydrogen) atoms. The van der Waals surface area contributed by atoms with Crippen LogP contribution in [0.4, 0.5) is 10.2 Å². The highest BCUT2D eigenvalue weighted by Gasteiger charge is 2.22. The molecule has 0 saturated carbocycles. The van der Waals surface area contributed by atoms with Crippen molar-refractivity contribution < 1.29 is 9.18 Å². The van der Waals surface area contributed by atoms with Crippen LogP contribution in [0.25, 0.3) is 0 Å². The van der Waals surface area contributed by atoms with Crippen LogP contribution < -0.4 is 5.32 Å². The van der Waals surface area contributed by atoms with Crippen LogP contribution in [0.5, 0.6) is 0 Å². The average molecular weight is 287 g/mol. The van der Waals surface area contributed by atoms with Crippen LogP contribution in [0.3, 0.4) is 0 Å². The molecule has 2 rings (SSSR count). The lowest BCUT2D eigenvalue weighted by Gasteiger charge is -2.25. The Morgan fingerprint density at radius 3 is 2.62 bits per heavy atom. The molecule has 1 amide bonds. The lowest BCUT2D eigenvalue weighted by molar-refractivity contribution is 0.0734. The molecule has 110 valence electrons. The van der Waals surface area contributed by atoms with E-state index >= 15 is 0 Å². The smallest absolute Gasteiger partial charge is 0.272 e. The molecule has 0 aliphatic heterocycles. The first-order chi connectivity index (χ1) is 10.0. The van der Waals surface area contributed by atoms with E-state index in [4.69, 9.17) is 0 Å². The van der Waals surface area contributed by atoms with Crippen molar-refractivity contribution in [2.45, 2.75) is 13.0 Å². The van der Waals surface area contributed by atoms with Crippen LogP contribution in [-0.2, 0) is 0 Å². The number of benzene rings is 1. The maximum atomic E-state index is 13.8. The molecule has 0 aliphatic rings. The van der Waals surface area contributed by atoms with Crippen LogP contribution in [0.15, 0.2) is 42.5 Å². The average Bonchev–Trinajstić information content (AvgIpc) is 2.53. The van der Waals surface area contributed by atoms with Gasteiger partial charge in [0.15, 0.2) is 0 Å². The summed E-state index contributed by atoms with van der Waals surface area (Å²) in [7, 11) is 3.38. The summed E-state index contributed by atoms with van der Waals surface area (Å²) < 4.78 is 13.8. The third-order valence-electron chi connectivity index (χ3n) is 3.48. The Hall–Kier alpha value is -2.43. The van der Waals surface area contributed by atoms with Gasteiger partial charge in [0.2, 0.25) is 0 Å². The molecule has 1 aromatic heterocycles. The van der Waals surface area contributed by atoms with Crippen molar-refractivity contribution in [3.05, 3.63) is 59.5 Å². The molecule has 0 fully saturated rings. The molecule has 0 radical (unpaired) electrons. The molecule has 2 aromatic rings. The summed E-state index contributed by atoms with van der Waals surface area (Å²) in [6, 6.07) is 11.3. The van der Waals surface area contributed by atoms with Gasteiger partial charge in [-0.2, -0.15) is 0 Å². The minimum atomic E-state index is -0.376. The molecule has 1 unspecified atom stereocenters. The molecule has 5 heteroatoms. The fourth-order valence-corrected chi connectivity index (χ4v) is 2.07. The van der Waals surface area contributed by atoms with Crippen molar-refractivity contribution in [2.24, 2.45) is 0 Å². The number of nitrogens with zero attached hydrogens (tertiary/aromatic N) is 2. The van der Waals surface area contributed by atoms with Gasteiger partial charge in [0.05, 0.1) is 6.04 Å². The van der Waals surface area contributed by atoms with Crippen LogP contribution in [0, 0.1) is 5.82 Å². The van der Waals surface area contributed by atoms with Crippen molar-refractivity contribution in [1.82, 2.24) is 9.88 Å². The largest absolute Gasteiger partial charge is 0.373 e. The molecule has 0 bridgehead atoms. The highest BCUT2D eigenvalue weighted by atomic mass is 19.1. The number of carbonyl (C=O) groups excluding carboxylic acids is 1. The van der Waals surface area contributed by atoms with Crippen LogP contribution in [-0.4, -0.2) is 29.9 Å². The predicted molar refractivity (Wildman–Crippen MR) is 80.7 cm³/mol. The Bertz CT molecular complexity index is 645. The Balaban J connectivity index is 2.24. The van der Waals surface area contributed by atoms with E-state index in [2.05, 4.69) is 10.3 Å². The minimum absolute atomic E-state index is 0.247. The fourth-order valence-electron chi connectivity index (χ4n) is 2.07. The van der Waals surface area contributed by atoms with Gasteiger partial charge in [-0.15, -0.1) is 0 Å². The number of amides is 1. The van der Waals surface area contributed by atoms with E-state index in [1.807, 2.05) is 0 Å². The van der Waals surface area contributed by atoms with E-state index in [0.717, 1.165) is 0 Å². The summed E-state index contributed by atoms with van der Waals surface area (Å²) >= 11 is 0. The van der Waals surface area contributed by atoms with E-state index in [1.54, 1.807) is 57.4 Å². The number of carbonyl (C=O) groups is 1. The third-order valence-corrected chi connectivity index (χ3v) is 3.48. The first kappa shape index (κ1) is 15.0. The van der Waals surface area contributed by atoms with Crippen molar-refractivity contribution in [3.63, 3.8) is 0 Å². The number of pyridine rings is 1. The molecular formula is C16H18FN3O. The van der Waals surface area contributed by atoms with Crippen molar-refractivity contribution >= 4 is 11.7 Å². The topological polar surface area (TPSA) is 45.2 Å². The Labute approximate surface area is 123 Å². The van der Waals surface area contributed by atoms with E-state index in [-0.39, 0.29) is 17.8 Å². The zero-order valence-electron chi connectivity index (χ0n) is 12.3. The van der Waals surface area contributed by atoms with Crippen molar-refractivity contribution in [3.8, 4) is 0 Å². The van der Waals surface area contributed by atoms with Gasteiger partial charge in [-0.25, -0.2) is 9.37 Å². The van der Waals surface area contributed by atoms with Gasteiger partial charge in [-0.05, 0) is 25.1 Å². The van der Waals surface area contributed by atoms with Crippen molar-refractivity contribution in [1.29, 1.82) is 0 Å². The number of halogens is 1. The normalized spacial score (nSPS) is 11.8. The molecule has 0 spiro atoms. The number of nitrogens with one attached hydrogen (secondary N) is 1. The maximum Gasteiger partial charge on any atom is 0.272 e. The van der Waals surface area contributed by atoms with Gasteiger partial charge in [0, 0.05) is 19.7 Å². The molecule has 4 nitrogen and oxygen atoms in total. The monoisotopic (exact) mass is 287 g/mol. The Morgan fingerprint density at radius 2 is 1.95 bits per heavy atom. The van der Waals surface area contributed by atoms with Gasteiger partial charge in [-0.1, -0.05) is 24.3 Å². The molecule has 1 heterocycles. The summed E-state index contributed by atoms with van der Waals surface area (Å²) in [5.41, 5.74) is 0.811. The second kappa shape index (κ2) is 6.35. The second-order valence-corrected chi connectivity index (χ2v) is 4.77. The predicted octanol–water partition coefficient (Wildman–Crippen LogP) is 3.10. The van der Waals surface area contributed by atoms with E-state index in [1.165, 1.54) is 11.0 Å². The van der Waals surface area contributed by atoms with Crippen LogP contribution in [0.2, 0.25) is 0 Å². The number of rotatable bonds is 4. The Kier molecular flexibility index (Phi) is 4.52. The van der Waals surface area contributed by atoms with Gasteiger partial charge in [0.1, 0.15) is 17.3 Å². The van der Waals surface area contributed by atoms with E-state index < -0.39 is 0 Å². The highest BCUT2D eigenvalue weighted by Crippen LogP contribution is 2.23. The third kappa shape index (κ3) is 3.18. The zero-order chi connectivity index (χ0) is 15.4. The van der Waals surface area contributed by atoms with Crippen LogP contribution >= 0.6 is 0 Å². The molecule has 0 saturated heterocycles. The lowest BCUT2D eigenvalue weighted by Crippen LogP contribution is -2.30. The molecule has 0 aliphatic carbocycles. The zero-order valence-corrected chi connectivity index (χ0v) is 12.3. The van der Waals surface area contributed by atoms with Gasteiger partial charge < -0.3 is 10.2 Å². The summed E-state index contributed by atoms with van der Waals surface area (Å²) in [6.45, 7) is 1.79. The summed E-state index contributed by atoms with van der Waals surface area (Å²) in [4.78, 5) is 18.2. The van der Waals surface area contributed by atoms with E-state index in [9.17, 15) is 9.18 Å². The first-order valence-electron chi connectivity index (χ1n) is 6.71. The number of hydrogen-bond donors (Lipinski definition) is 1. The second-order valence-electron chi connectivity index (χ2n) is 4.77. The lowest BCUT2D eigenvalue weighted by atomic mass is 10.1. The fraction of sp³-hybridized carbons (Fsp3) is 0.250. The van der Waals surface area contributed by atoms with Gasteiger partial charge >= 0.3 is 0 Å². The van der Waals surface area contributed by atoms with Crippen molar-refractivity contribution in [2.75, 3.05) is 19.4 Å². The molecule has 1 atom stereocenters. The highest BCUT2D eigenvalue weighted by molar-refractivity contribution is 5.92. The molecule has 1 aromatic carbocycles. The molecular weight excluding hydrogens is 269 g/mol. The quantitative estimate of drug-likeness (QED) is 0.940. The standard InChI is InChI=1S/C16H18FN3O/c1-11(12-7-4-5-8-13(12)17)20(3)16(21)14-9-6-10-15(18-2)19-14/h4-11H,1-3H3,(H,18,19). The molecule has 1 N–H and O–H groups in total. The number of anilines is 1. The SMILES string of the molecule is CNc1cccc(C(=O)N(C)C(C)c2ccccc2F)n1. The summed E-state index contributed by atoms with van der Waals surface area (Å²) in [5, 5.41) is 2.89. The maximum absolute atomic E-state index is 13.8.